The van der Waals surface area contributed by atoms with Crippen molar-refractivity contribution in [1.29, 1.82) is 0 Å². The summed E-state index contributed by atoms with van der Waals surface area (Å²) in [6.45, 7) is 4.27. The molecule has 2 aromatic rings. The second-order valence-electron chi connectivity index (χ2n) is 5.66. The quantitative estimate of drug-likeness (QED) is 0.668. The molecule has 0 bridgehead atoms. The molecule has 0 radical (unpaired) electrons. The van der Waals surface area contributed by atoms with Gasteiger partial charge in [0.15, 0.2) is 11.5 Å². The highest BCUT2D eigenvalue weighted by Gasteiger charge is 2.28. The van der Waals surface area contributed by atoms with E-state index < -0.39 is 0 Å². The molecule has 0 atom stereocenters. The number of nitrogens with zero attached hydrogens (tertiary/aromatic N) is 2. The summed E-state index contributed by atoms with van der Waals surface area (Å²) >= 11 is 3.51. The molecule has 134 valence electrons. The van der Waals surface area contributed by atoms with Crippen LogP contribution in [-0.2, 0) is 4.79 Å². The van der Waals surface area contributed by atoms with Crippen LogP contribution in [0.15, 0.2) is 57.6 Å². The summed E-state index contributed by atoms with van der Waals surface area (Å²) in [5, 5.41) is 5.81. The first-order valence-corrected chi connectivity index (χ1v) is 9.01. The fourth-order valence-electron chi connectivity index (χ4n) is 2.70. The van der Waals surface area contributed by atoms with Crippen molar-refractivity contribution in [3.8, 4) is 11.5 Å². The van der Waals surface area contributed by atoms with Gasteiger partial charge in [-0.05, 0) is 65.7 Å². The molecule has 26 heavy (non-hydrogen) atoms. The van der Waals surface area contributed by atoms with Crippen molar-refractivity contribution in [3.05, 3.63) is 58.1 Å². The SMILES string of the molecule is CCOc1c(Br)cc(C=C2C(=O)N(c3ccccc3)N=C2C)cc1OC. The van der Waals surface area contributed by atoms with Crippen LogP contribution in [0, 0.1) is 0 Å². The molecule has 0 saturated carbocycles. The Morgan fingerprint density at radius 1 is 1.23 bits per heavy atom. The number of rotatable bonds is 5. The third-order valence-corrected chi connectivity index (χ3v) is 4.50. The van der Waals surface area contributed by atoms with E-state index in [1.807, 2.05) is 62.4 Å². The Bertz CT molecular complexity index is 891. The average molecular weight is 415 g/mol. The minimum absolute atomic E-state index is 0.155. The van der Waals surface area contributed by atoms with E-state index in [4.69, 9.17) is 9.47 Å². The van der Waals surface area contributed by atoms with Gasteiger partial charge >= 0.3 is 0 Å². The Morgan fingerprint density at radius 2 is 1.96 bits per heavy atom. The number of hydrogen-bond donors (Lipinski definition) is 0. The van der Waals surface area contributed by atoms with Crippen LogP contribution >= 0.6 is 15.9 Å². The van der Waals surface area contributed by atoms with Gasteiger partial charge in [-0.2, -0.15) is 10.1 Å². The normalized spacial score (nSPS) is 15.4. The number of methoxy groups -OCH3 is 1. The van der Waals surface area contributed by atoms with Crippen LogP contribution in [-0.4, -0.2) is 25.3 Å². The summed E-state index contributed by atoms with van der Waals surface area (Å²) in [5.41, 5.74) is 2.78. The fourth-order valence-corrected chi connectivity index (χ4v) is 3.28. The van der Waals surface area contributed by atoms with Gasteiger partial charge in [0.25, 0.3) is 5.91 Å². The average Bonchev–Trinajstić information content (AvgIpc) is 2.92. The number of benzene rings is 2. The van der Waals surface area contributed by atoms with Crippen molar-refractivity contribution >= 4 is 39.3 Å². The summed E-state index contributed by atoms with van der Waals surface area (Å²) < 4.78 is 11.8. The summed E-state index contributed by atoms with van der Waals surface area (Å²) in [4.78, 5) is 12.8. The molecule has 6 heteroatoms. The molecule has 0 aromatic heterocycles. The first-order valence-electron chi connectivity index (χ1n) is 8.22. The third kappa shape index (κ3) is 3.51. The molecule has 0 saturated heterocycles. The molecule has 1 heterocycles. The van der Waals surface area contributed by atoms with Crippen molar-refractivity contribution < 1.29 is 14.3 Å². The number of carbonyl (C=O) groups is 1. The van der Waals surface area contributed by atoms with Gasteiger partial charge in [0.1, 0.15) is 0 Å². The van der Waals surface area contributed by atoms with Gasteiger partial charge in [-0.15, -0.1) is 0 Å². The molecule has 0 N–H and O–H groups in total. The maximum atomic E-state index is 12.8. The molecule has 0 aliphatic carbocycles. The lowest BCUT2D eigenvalue weighted by Gasteiger charge is -2.13. The van der Waals surface area contributed by atoms with Crippen LogP contribution in [0.3, 0.4) is 0 Å². The van der Waals surface area contributed by atoms with Gasteiger partial charge < -0.3 is 9.47 Å². The first-order chi connectivity index (χ1) is 12.5. The van der Waals surface area contributed by atoms with Gasteiger partial charge in [0, 0.05) is 0 Å². The molecule has 1 aliphatic rings. The van der Waals surface area contributed by atoms with E-state index in [0.29, 0.717) is 29.4 Å². The van der Waals surface area contributed by atoms with Gasteiger partial charge in [0.2, 0.25) is 0 Å². The fraction of sp³-hybridized carbons (Fsp3) is 0.200. The predicted molar refractivity (Wildman–Crippen MR) is 107 cm³/mol. The summed E-state index contributed by atoms with van der Waals surface area (Å²) in [6, 6.07) is 13.1. The van der Waals surface area contributed by atoms with Crippen LogP contribution in [0.5, 0.6) is 11.5 Å². The van der Waals surface area contributed by atoms with Gasteiger partial charge in [-0.3, -0.25) is 4.79 Å². The van der Waals surface area contributed by atoms with E-state index in [2.05, 4.69) is 21.0 Å². The Balaban J connectivity index is 1.97. The maximum Gasteiger partial charge on any atom is 0.280 e. The summed E-state index contributed by atoms with van der Waals surface area (Å²) in [5.74, 6) is 1.09. The molecule has 0 spiro atoms. The highest BCUT2D eigenvalue weighted by molar-refractivity contribution is 9.10. The highest BCUT2D eigenvalue weighted by atomic mass is 79.9. The zero-order valence-corrected chi connectivity index (χ0v) is 16.4. The van der Waals surface area contributed by atoms with Crippen LogP contribution in [0.4, 0.5) is 5.69 Å². The molecule has 1 amide bonds. The largest absolute Gasteiger partial charge is 0.493 e. The van der Waals surface area contributed by atoms with Crippen LogP contribution in [0.2, 0.25) is 0 Å². The second kappa shape index (κ2) is 7.74. The van der Waals surface area contributed by atoms with E-state index in [1.54, 1.807) is 7.11 Å². The van der Waals surface area contributed by atoms with Gasteiger partial charge in [0.05, 0.1) is 35.2 Å². The van der Waals surface area contributed by atoms with Gasteiger partial charge in [-0.1, -0.05) is 18.2 Å². The standard InChI is InChI=1S/C20H19BrN2O3/c1-4-26-19-17(21)11-14(12-18(19)25-3)10-16-13(2)22-23(20(16)24)15-8-6-5-7-9-15/h5-12H,4H2,1-3H3. The monoisotopic (exact) mass is 414 g/mol. The van der Waals surface area contributed by atoms with Crippen LogP contribution < -0.4 is 14.5 Å². The second-order valence-corrected chi connectivity index (χ2v) is 6.52. The van der Waals surface area contributed by atoms with E-state index in [1.165, 1.54) is 5.01 Å². The third-order valence-electron chi connectivity index (χ3n) is 3.91. The van der Waals surface area contributed by atoms with Crippen LogP contribution in [0.1, 0.15) is 19.4 Å². The predicted octanol–water partition coefficient (Wildman–Crippen LogP) is 4.66. The van der Waals surface area contributed by atoms with E-state index in [0.717, 1.165) is 15.7 Å². The molecular formula is C20H19BrN2O3. The van der Waals surface area contributed by atoms with Crippen molar-refractivity contribution in [2.75, 3.05) is 18.7 Å². The van der Waals surface area contributed by atoms with E-state index in [9.17, 15) is 4.79 Å². The van der Waals surface area contributed by atoms with Crippen molar-refractivity contribution in [1.82, 2.24) is 0 Å². The van der Waals surface area contributed by atoms with E-state index >= 15 is 0 Å². The minimum Gasteiger partial charge on any atom is -0.493 e. The first kappa shape index (κ1) is 18.2. The molecule has 5 nitrogen and oxygen atoms in total. The van der Waals surface area contributed by atoms with Crippen molar-refractivity contribution in [2.24, 2.45) is 5.10 Å². The van der Waals surface area contributed by atoms with Crippen LogP contribution in [0.25, 0.3) is 6.08 Å². The molecule has 3 rings (SSSR count). The molecule has 0 fully saturated rings. The van der Waals surface area contributed by atoms with Gasteiger partial charge in [-0.25, -0.2) is 0 Å². The zero-order valence-electron chi connectivity index (χ0n) is 14.8. The Labute approximate surface area is 161 Å². The number of amides is 1. The smallest absolute Gasteiger partial charge is 0.280 e. The lowest BCUT2D eigenvalue weighted by Crippen LogP contribution is -2.21. The number of para-hydroxylation sites is 1. The number of anilines is 1. The Hall–Kier alpha value is -2.60. The minimum atomic E-state index is -0.155. The Kier molecular flexibility index (Phi) is 5.42. The number of hydrazone groups is 1. The Morgan fingerprint density at radius 3 is 2.62 bits per heavy atom. The van der Waals surface area contributed by atoms with Crippen molar-refractivity contribution in [3.63, 3.8) is 0 Å². The number of hydrogen-bond acceptors (Lipinski definition) is 4. The molecular weight excluding hydrogens is 396 g/mol. The van der Waals surface area contributed by atoms with Crippen molar-refractivity contribution in [2.45, 2.75) is 13.8 Å². The lowest BCUT2D eigenvalue weighted by atomic mass is 10.1. The molecule has 1 aliphatic heterocycles. The molecule has 2 aromatic carbocycles. The lowest BCUT2D eigenvalue weighted by molar-refractivity contribution is -0.114. The number of carbonyl (C=O) groups excluding carboxylic acids is 1. The summed E-state index contributed by atoms with van der Waals surface area (Å²) in [7, 11) is 1.59. The van der Waals surface area contributed by atoms with E-state index in [-0.39, 0.29) is 5.91 Å². The number of halogens is 1. The topological polar surface area (TPSA) is 51.1 Å². The number of ether oxygens (including phenoxy) is 2. The highest BCUT2D eigenvalue weighted by Crippen LogP contribution is 2.37. The molecule has 0 unspecified atom stereocenters. The zero-order chi connectivity index (χ0) is 18.7. The summed E-state index contributed by atoms with van der Waals surface area (Å²) in [6.07, 6.45) is 1.81. The maximum absolute atomic E-state index is 12.8.